The molecule has 0 spiro atoms. The third kappa shape index (κ3) is 5.33. The van der Waals surface area contributed by atoms with Crippen LogP contribution >= 0.6 is 0 Å². The fourth-order valence-electron chi connectivity index (χ4n) is 2.53. The van der Waals surface area contributed by atoms with Crippen LogP contribution in [0.4, 0.5) is 13.2 Å². The van der Waals surface area contributed by atoms with Crippen molar-refractivity contribution in [2.45, 2.75) is 51.7 Å². The maximum absolute atomic E-state index is 12.5. The molecule has 0 saturated heterocycles. The molecule has 1 heterocycles. The van der Waals surface area contributed by atoms with E-state index in [1.807, 2.05) is 0 Å². The lowest BCUT2D eigenvalue weighted by atomic mass is 9.84. The molecule has 2 rings (SSSR count). The van der Waals surface area contributed by atoms with Gasteiger partial charge in [0.2, 0.25) is 5.91 Å². The van der Waals surface area contributed by atoms with Crippen molar-refractivity contribution in [3.8, 4) is 5.75 Å². The van der Waals surface area contributed by atoms with Gasteiger partial charge in [0.1, 0.15) is 11.4 Å². The van der Waals surface area contributed by atoms with Gasteiger partial charge in [-0.2, -0.15) is 13.2 Å². The van der Waals surface area contributed by atoms with Crippen molar-refractivity contribution < 1.29 is 27.5 Å². The van der Waals surface area contributed by atoms with Crippen LogP contribution in [-0.4, -0.2) is 42.7 Å². The van der Waals surface area contributed by atoms with Crippen LogP contribution in [0.5, 0.6) is 5.75 Å². The summed E-state index contributed by atoms with van der Waals surface area (Å²) in [4.78, 5) is 28.5. The van der Waals surface area contributed by atoms with Crippen molar-refractivity contribution in [3.63, 3.8) is 0 Å². The van der Waals surface area contributed by atoms with E-state index in [9.17, 15) is 22.8 Å². The molecule has 1 saturated carbocycles. The predicted octanol–water partition coefficient (Wildman–Crippen LogP) is 2.79. The number of nitrogens with one attached hydrogen (secondary N) is 2. The molecule has 6 nitrogen and oxygen atoms in total. The van der Waals surface area contributed by atoms with Crippen LogP contribution in [0.25, 0.3) is 0 Å². The number of hydrogen-bond acceptors (Lipinski definition) is 4. The number of hydrogen-bond donors (Lipinski definition) is 2. The first-order chi connectivity index (χ1) is 12.5. The molecular weight excluding hydrogens is 363 g/mol. The average molecular weight is 387 g/mol. The predicted molar refractivity (Wildman–Crippen MR) is 92.5 cm³/mol. The first-order valence-electron chi connectivity index (χ1n) is 8.68. The third-order valence-corrected chi connectivity index (χ3v) is 4.78. The van der Waals surface area contributed by atoms with Gasteiger partial charge in [-0.15, -0.1) is 0 Å². The number of halogens is 3. The van der Waals surface area contributed by atoms with Crippen molar-refractivity contribution in [2.24, 2.45) is 5.41 Å². The van der Waals surface area contributed by atoms with Gasteiger partial charge in [0.25, 0.3) is 5.91 Å². The zero-order valence-corrected chi connectivity index (χ0v) is 15.7. The van der Waals surface area contributed by atoms with E-state index in [2.05, 4.69) is 15.6 Å². The number of aromatic nitrogens is 1. The first kappa shape index (κ1) is 21.0. The lowest BCUT2D eigenvalue weighted by molar-refractivity contribution is -0.153. The van der Waals surface area contributed by atoms with Gasteiger partial charge in [-0.3, -0.25) is 14.6 Å². The molecule has 1 aliphatic carbocycles. The smallest absolute Gasteiger partial charge is 0.422 e. The molecule has 1 aromatic heterocycles. The Labute approximate surface area is 155 Å². The minimum atomic E-state index is -4.47. The lowest BCUT2D eigenvalue weighted by Gasteiger charge is -2.30. The van der Waals surface area contributed by atoms with Crippen molar-refractivity contribution >= 4 is 11.8 Å². The summed E-state index contributed by atoms with van der Waals surface area (Å²) in [5.74, 6) is -0.697. The van der Waals surface area contributed by atoms with Crippen LogP contribution in [0.3, 0.4) is 0 Å². The second kappa shape index (κ2) is 7.74. The minimum absolute atomic E-state index is 0.0215. The summed E-state index contributed by atoms with van der Waals surface area (Å²) < 4.78 is 42.4. The van der Waals surface area contributed by atoms with E-state index < -0.39 is 30.1 Å². The number of ether oxygens (including phenoxy) is 1. The molecule has 150 valence electrons. The molecule has 0 aliphatic heterocycles. The summed E-state index contributed by atoms with van der Waals surface area (Å²) >= 11 is 0. The molecule has 2 amide bonds. The molecule has 27 heavy (non-hydrogen) atoms. The molecule has 1 fully saturated rings. The van der Waals surface area contributed by atoms with Crippen LogP contribution in [0, 0.1) is 5.41 Å². The van der Waals surface area contributed by atoms with E-state index in [1.54, 1.807) is 20.8 Å². The lowest BCUT2D eigenvalue weighted by Crippen LogP contribution is -2.50. The van der Waals surface area contributed by atoms with E-state index in [0.717, 1.165) is 12.8 Å². The van der Waals surface area contributed by atoms with Crippen molar-refractivity contribution in [1.82, 2.24) is 15.6 Å². The molecular formula is C18H24F3N3O3. The molecule has 0 radical (unpaired) electrons. The summed E-state index contributed by atoms with van der Waals surface area (Å²) in [6.45, 7) is 3.60. The molecule has 9 heteroatoms. The maximum atomic E-state index is 12.5. The van der Waals surface area contributed by atoms with E-state index in [-0.39, 0.29) is 23.3 Å². The van der Waals surface area contributed by atoms with E-state index in [0.29, 0.717) is 5.56 Å². The monoisotopic (exact) mass is 387 g/mol. The summed E-state index contributed by atoms with van der Waals surface area (Å²) in [7, 11) is 1.50. The Hall–Kier alpha value is -2.32. The SMILES string of the molecule is CNC(=O)C(C)(C)[C@@H](C)NC(=O)c1cc(OCC(F)(F)F)c(C2CC2)cn1. The number of amides is 2. The highest BCUT2D eigenvalue weighted by Crippen LogP contribution is 2.44. The Morgan fingerprint density at radius 2 is 1.96 bits per heavy atom. The zero-order chi connectivity index (χ0) is 20.4. The Bertz CT molecular complexity index is 716. The van der Waals surface area contributed by atoms with Gasteiger partial charge in [-0.05, 0) is 39.5 Å². The highest BCUT2D eigenvalue weighted by atomic mass is 19.4. The van der Waals surface area contributed by atoms with Crippen molar-refractivity contribution in [2.75, 3.05) is 13.7 Å². The topological polar surface area (TPSA) is 80.3 Å². The van der Waals surface area contributed by atoms with Crippen LogP contribution < -0.4 is 15.4 Å². The molecule has 0 aromatic carbocycles. The highest BCUT2D eigenvalue weighted by molar-refractivity contribution is 5.93. The van der Waals surface area contributed by atoms with Gasteiger partial charge < -0.3 is 15.4 Å². The second-order valence-corrected chi connectivity index (χ2v) is 7.28. The van der Waals surface area contributed by atoms with Crippen LogP contribution in [0.15, 0.2) is 12.3 Å². The molecule has 0 bridgehead atoms. The first-order valence-corrected chi connectivity index (χ1v) is 8.68. The fourth-order valence-corrected chi connectivity index (χ4v) is 2.53. The van der Waals surface area contributed by atoms with Gasteiger partial charge in [0, 0.05) is 30.9 Å². The van der Waals surface area contributed by atoms with Gasteiger partial charge >= 0.3 is 6.18 Å². The minimum Gasteiger partial charge on any atom is -0.484 e. The standard InChI is InChI=1S/C18H24F3N3O3/c1-10(17(2,3)16(26)22-4)24-15(25)13-7-14(27-9-18(19,20)21)12(8-23-13)11-5-6-11/h7-8,10-11H,5-6,9H2,1-4H3,(H,22,26)(H,24,25)/t10-/m1/s1. The summed E-state index contributed by atoms with van der Waals surface area (Å²) in [6, 6.07) is 0.698. The molecule has 1 atom stereocenters. The summed E-state index contributed by atoms with van der Waals surface area (Å²) in [6.07, 6.45) is -1.37. The highest BCUT2D eigenvalue weighted by Gasteiger charge is 2.35. The van der Waals surface area contributed by atoms with Crippen LogP contribution in [-0.2, 0) is 4.79 Å². The fraction of sp³-hybridized carbons (Fsp3) is 0.611. The number of pyridine rings is 1. The van der Waals surface area contributed by atoms with Crippen LogP contribution in [0.2, 0.25) is 0 Å². The summed E-state index contributed by atoms with van der Waals surface area (Å²) in [5, 5.41) is 5.21. The van der Waals surface area contributed by atoms with E-state index in [1.165, 1.54) is 19.3 Å². The quantitative estimate of drug-likeness (QED) is 0.754. The molecule has 0 unspecified atom stereocenters. The number of carbonyl (C=O) groups is 2. The van der Waals surface area contributed by atoms with E-state index >= 15 is 0 Å². The van der Waals surface area contributed by atoms with Crippen molar-refractivity contribution in [3.05, 3.63) is 23.5 Å². The third-order valence-electron chi connectivity index (χ3n) is 4.78. The van der Waals surface area contributed by atoms with Crippen molar-refractivity contribution in [1.29, 1.82) is 0 Å². The number of alkyl halides is 3. The number of nitrogens with zero attached hydrogens (tertiary/aromatic N) is 1. The number of carbonyl (C=O) groups excluding carboxylic acids is 2. The Balaban J connectivity index is 2.17. The number of rotatable bonds is 7. The summed E-state index contributed by atoms with van der Waals surface area (Å²) in [5.41, 5.74) is -0.362. The maximum Gasteiger partial charge on any atom is 0.422 e. The van der Waals surface area contributed by atoms with Gasteiger partial charge in [-0.25, -0.2) is 0 Å². The zero-order valence-electron chi connectivity index (χ0n) is 15.7. The Morgan fingerprint density at radius 1 is 1.33 bits per heavy atom. The van der Waals surface area contributed by atoms with E-state index in [4.69, 9.17) is 4.74 Å². The van der Waals surface area contributed by atoms with Gasteiger partial charge in [0.05, 0.1) is 5.41 Å². The second-order valence-electron chi connectivity index (χ2n) is 7.28. The average Bonchev–Trinajstić information content (AvgIpc) is 3.42. The Kier molecular flexibility index (Phi) is 6.01. The molecule has 2 N–H and O–H groups in total. The Morgan fingerprint density at radius 3 is 2.48 bits per heavy atom. The molecule has 1 aliphatic rings. The van der Waals surface area contributed by atoms with Gasteiger partial charge in [-0.1, -0.05) is 0 Å². The normalized spacial score (nSPS) is 15.8. The largest absolute Gasteiger partial charge is 0.484 e. The van der Waals surface area contributed by atoms with Crippen LogP contribution in [0.1, 0.15) is 55.6 Å². The van der Waals surface area contributed by atoms with Gasteiger partial charge in [0.15, 0.2) is 6.61 Å². The molecule has 1 aromatic rings.